The van der Waals surface area contributed by atoms with Gasteiger partial charge in [-0.3, -0.25) is 57.7 Å². The zero-order chi connectivity index (χ0) is 85.8. The van der Waals surface area contributed by atoms with Gasteiger partial charge in [-0.05, 0) is 124 Å². The average Bonchev–Trinajstić information content (AvgIpc) is 1.54. The molecule has 35 heteroatoms. The third-order valence-corrected chi connectivity index (χ3v) is 20.3. The minimum absolute atomic E-state index is 0.0476. The molecule has 5 heterocycles. The molecule has 5 aliphatic heterocycles. The van der Waals surface area contributed by atoms with Gasteiger partial charge in [0.25, 0.3) is 0 Å². The second kappa shape index (κ2) is 43.1. The standard InChI is InChI=1S/C14H13NO2.C11H12N2O4.C11H12N2O3S.C11H9NO2.C11H13NO2.C9H13N3O4.C9H11NO2.C6H11NO3/c15-9-10-5-1-2-6-11(10)12-7-3-4-8-13(12)14(16)17;2*12-7-6-17-9-4-2-1-3-8(9)13(11(7)16)5-10(14)15;12-10-6-8-4-2-1-3-7(8)5-9(10)11(13)14;12-11(10(13)14)6-5-8-3-1-2-4-9(8)7-11;10-4-1-2-12-7(4)8(15)11-5(9(12)16)3-6(13)14;10-6-8-4-2-1-3-7(8)5-9(11)12;7-6(5(8)9)1-3-10-4-2-6/h1-8H,9,15H2,(H,16,17);2*1-4,7H,5-6,12H2,(H,14,15);1-6H,12H2,(H,13,14);1-4H,5-7,12H2,(H,13,14);4-5,7H,1-3,10H2,(H,11,15)(H,13,14);1-4H,5-6,10H2,(H,11,12);1-4,7H2,(H,8,9)/t;2*7-;;;4-,5+,7?;;/m.10..1../s1. The van der Waals surface area contributed by atoms with Gasteiger partial charge in [0.05, 0.1) is 41.4 Å². The van der Waals surface area contributed by atoms with Crippen LogP contribution in [0.5, 0.6) is 5.75 Å². The van der Waals surface area contributed by atoms with Crippen molar-refractivity contribution in [1.82, 2.24) is 10.2 Å². The van der Waals surface area contributed by atoms with Gasteiger partial charge in [0, 0.05) is 61.6 Å². The molecule has 0 saturated carbocycles. The summed E-state index contributed by atoms with van der Waals surface area (Å²) in [6.45, 7) is 1.40. The fourth-order valence-electron chi connectivity index (χ4n) is 12.9. The number of carbonyl (C=O) groups excluding carboxylic acids is 4. The number of benzene rings is 8. The first-order valence-corrected chi connectivity index (χ1v) is 37.5. The molecule has 8 aromatic carbocycles. The van der Waals surface area contributed by atoms with Gasteiger partial charge >= 0.3 is 47.8 Å². The molecule has 4 amide bonds. The molecule has 0 bridgehead atoms. The normalized spacial score (nSPS) is 19.1. The van der Waals surface area contributed by atoms with Crippen molar-refractivity contribution in [3.8, 4) is 16.9 Å². The Morgan fingerprint density at radius 2 is 1.03 bits per heavy atom. The number of thioether (sulfide) groups is 1. The van der Waals surface area contributed by atoms with E-state index in [2.05, 4.69) is 5.32 Å². The van der Waals surface area contributed by atoms with Crippen LogP contribution in [0, 0.1) is 0 Å². The monoisotopic (exact) mass is 1630 g/mol. The highest BCUT2D eigenvalue weighted by atomic mass is 32.2. The largest absolute Gasteiger partial charge is 0.489 e. The molecule has 0 spiro atoms. The highest BCUT2D eigenvalue weighted by Crippen LogP contribution is 2.35. The Morgan fingerprint density at radius 3 is 1.62 bits per heavy atom. The van der Waals surface area contributed by atoms with Crippen molar-refractivity contribution in [2.24, 2.45) is 40.1 Å². The quantitative estimate of drug-likeness (QED) is 0.0640. The first kappa shape index (κ1) is 91.5. The van der Waals surface area contributed by atoms with Crippen LogP contribution in [0.4, 0.5) is 17.1 Å². The summed E-state index contributed by atoms with van der Waals surface area (Å²) in [5.74, 6) is -8.37. The second-order valence-corrected chi connectivity index (χ2v) is 28.4. The zero-order valence-corrected chi connectivity index (χ0v) is 64.2. The number of amides is 4. The number of rotatable bonds is 15. The molecule has 25 N–H and O–H groups in total. The summed E-state index contributed by atoms with van der Waals surface area (Å²) in [5.41, 5.74) is 51.4. The van der Waals surface area contributed by atoms with E-state index >= 15 is 0 Å². The summed E-state index contributed by atoms with van der Waals surface area (Å²) in [6, 6.07) is 51.1. The zero-order valence-electron chi connectivity index (χ0n) is 63.4. The van der Waals surface area contributed by atoms with E-state index in [1.54, 1.807) is 72.8 Å². The third kappa shape index (κ3) is 25.4. The number of aryl methyl sites for hydroxylation is 1. The minimum Gasteiger partial charge on any atom is -0.489 e. The van der Waals surface area contributed by atoms with Crippen LogP contribution in [-0.4, -0.2) is 204 Å². The number of piperazine rings is 1. The predicted octanol–water partition coefficient (Wildman–Crippen LogP) is 4.19. The van der Waals surface area contributed by atoms with E-state index in [9.17, 15) is 57.5 Å². The number of aromatic carboxylic acids is 2. The van der Waals surface area contributed by atoms with Crippen LogP contribution in [0.2, 0.25) is 0 Å². The van der Waals surface area contributed by atoms with Gasteiger partial charge in [-0.15, -0.1) is 11.8 Å². The van der Waals surface area contributed by atoms with E-state index in [0.717, 1.165) is 54.8 Å². The number of nitrogens with zero attached hydrogens (tertiary/aromatic N) is 3. The number of aliphatic carboxylic acids is 6. The second-order valence-electron chi connectivity index (χ2n) is 27.3. The van der Waals surface area contributed by atoms with Gasteiger partial charge in [0.15, 0.2) is 0 Å². The van der Waals surface area contributed by atoms with Gasteiger partial charge < -0.3 is 106 Å². The number of carboxylic acids is 8. The van der Waals surface area contributed by atoms with Crippen LogP contribution < -0.4 is 65.7 Å². The Balaban J connectivity index is 0.000000186. The molecule has 34 nitrogen and oxygen atoms in total. The Labute approximate surface area is 675 Å². The molecule has 6 aliphatic rings. The van der Waals surface area contributed by atoms with Crippen molar-refractivity contribution in [3.05, 3.63) is 221 Å². The Bertz CT molecular complexity index is 4830. The smallest absolute Gasteiger partial charge is 0.337 e. The van der Waals surface area contributed by atoms with Crippen LogP contribution in [0.15, 0.2) is 187 Å². The lowest BCUT2D eigenvalue weighted by Crippen LogP contribution is -2.64. The van der Waals surface area contributed by atoms with Crippen molar-refractivity contribution < 1.29 is 108 Å². The molecule has 8 aromatic rings. The van der Waals surface area contributed by atoms with Gasteiger partial charge in [-0.25, -0.2) is 9.59 Å². The number of nitrogens with two attached hydrogens (primary N) is 8. The molecule has 3 saturated heterocycles. The lowest BCUT2D eigenvalue weighted by Gasteiger charge is -2.35. The Morgan fingerprint density at radius 1 is 0.521 bits per heavy atom. The number of anilines is 3. The first-order chi connectivity index (χ1) is 55.6. The molecular weight excluding hydrogens is 1540 g/mol. The summed E-state index contributed by atoms with van der Waals surface area (Å²) in [4.78, 5) is 138. The SMILES string of the molecule is NC1(C(=O)O)CCOCC1.NC1(C(=O)O)CCc2ccccc2C1.NCc1ccccc1-c1ccccc1C(=O)O.NCc1ccccc1CC(=O)O.N[C@@H]1CCN2C(=O)[C@H](CC(=O)O)NC(=O)C12.N[C@@H]1COc2ccccc2N(CC(=O)O)C1=O.N[C@H]1CSc2ccccc2N(CC(=O)O)C1=O.Nc1cc2ccccc2cc1C(=O)O. The Kier molecular flexibility index (Phi) is 33.7. The number of ether oxygens (including phenoxy) is 2. The van der Waals surface area contributed by atoms with Crippen LogP contribution >= 0.6 is 11.8 Å². The number of hydrogen-bond donors (Lipinski definition) is 17. The lowest BCUT2D eigenvalue weighted by molar-refractivity contribution is -0.150. The van der Waals surface area contributed by atoms with Crippen LogP contribution in [0.25, 0.3) is 21.9 Å². The number of carbonyl (C=O) groups is 12. The molecule has 620 valence electrons. The molecule has 0 aromatic heterocycles. The molecule has 14 rings (SSSR count). The summed E-state index contributed by atoms with van der Waals surface area (Å²) in [6.07, 6.45) is 2.81. The van der Waals surface area contributed by atoms with E-state index in [4.69, 9.17) is 96.2 Å². The van der Waals surface area contributed by atoms with Gasteiger partial charge in [0.1, 0.15) is 54.6 Å². The molecule has 2 unspecified atom stereocenters. The van der Waals surface area contributed by atoms with Gasteiger partial charge in [0.2, 0.25) is 23.6 Å². The lowest BCUT2D eigenvalue weighted by atomic mass is 9.79. The fourth-order valence-corrected chi connectivity index (χ4v) is 13.9. The molecule has 6 atom stereocenters. The summed E-state index contributed by atoms with van der Waals surface area (Å²) >= 11 is 1.47. The highest BCUT2D eigenvalue weighted by Gasteiger charge is 2.47. The number of fused-ring (bicyclic) bond motifs is 5. The van der Waals surface area contributed by atoms with Crippen LogP contribution in [0.1, 0.15) is 80.6 Å². The predicted molar refractivity (Wildman–Crippen MR) is 433 cm³/mol. The number of nitrogens with one attached hydrogen (secondary N) is 1. The van der Waals surface area contributed by atoms with E-state index in [1.165, 1.54) is 27.1 Å². The summed E-state index contributed by atoms with van der Waals surface area (Å²) in [7, 11) is 0. The fraction of sp³-hybridized carbons (Fsp3) is 0.293. The van der Waals surface area contributed by atoms with E-state index in [0.29, 0.717) is 105 Å². The highest BCUT2D eigenvalue weighted by molar-refractivity contribution is 7.99. The average molecular weight is 1630 g/mol. The van der Waals surface area contributed by atoms with Crippen molar-refractivity contribution in [2.75, 3.05) is 60.7 Å². The number of nitrogen functional groups attached to an aromatic ring is 1. The number of para-hydroxylation sites is 3. The molecule has 3 fully saturated rings. The topological polar surface area (TPSA) is 615 Å². The maximum Gasteiger partial charge on any atom is 0.337 e. The van der Waals surface area contributed by atoms with Crippen molar-refractivity contribution in [3.63, 3.8) is 0 Å². The summed E-state index contributed by atoms with van der Waals surface area (Å²) < 4.78 is 10.3. The molecule has 1 aliphatic carbocycles. The molecular formula is C82H94N12O22S. The molecule has 0 radical (unpaired) electrons. The maximum atomic E-state index is 12.0. The van der Waals surface area contributed by atoms with E-state index in [1.807, 2.05) is 109 Å². The van der Waals surface area contributed by atoms with Crippen molar-refractivity contribution >= 4 is 111 Å². The maximum absolute atomic E-state index is 12.0. The van der Waals surface area contributed by atoms with E-state index in [-0.39, 0.29) is 55.3 Å². The van der Waals surface area contributed by atoms with Gasteiger partial charge in [-0.2, -0.15) is 0 Å². The third-order valence-electron chi connectivity index (χ3n) is 19.1. The Hall–Kier alpha value is -12.7. The number of hydrogen-bond acceptors (Lipinski definition) is 23. The first-order valence-electron chi connectivity index (χ1n) is 36.5. The van der Waals surface area contributed by atoms with E-state index < -0.39 is 95.5 Å². The number of carboxylic acid groups (broad SMARTS) is 8. The van der Waals surface area contributed by atoms with Gasteiger partial charge in [-0.1, -0.05) is 140 Å². The van der Waals surface area contributed by atoms with Crippen molar-refractivity contribution in [2.45, 2.75) is 111 Å². The summed E-state index contributed by atoms with van der Waals surface area (Å²) in [5, 5.41) is 74.7. The molecule has 117 heavy (non-hydrogen) atoms. The van der Waals surface area contributed by atoms with Crippen molar-refractivity contribution in [1.29, 1.82) is 0 Å². The van der Waals surface area contributed by atoms with Crippen LogP contribution in [0.3, 0.4) is 0 Å². The minimum atomic E-state index is -1.11. The van der Waals surface area contributed by atoms with Crippen LogP contribution in [-0.2, 0) is 85.0 Å².